The molecule has 1 aliphatic heterocycles. The maximum absolute atomic E-state index is 9.44. The van der Waals surface area contributed by atoms with Gasteiger partial charge in [-0.1, -0.05) is 30.3 Å². The molecule has 9 nitrogen and oxygen atoms in total. The van der Waals surface area contributed by atoms with E-state index < -0.39 is 0 Å². The number of aromatic nitrogens is 4. The van der Waals surface area contributed by atoms with Crippen LogP contribution in [0.25, 0.3) is 27.8 Å². The van der Waals surface area contributed by atoms with Crippen LogP contribution in [-0.4, -0.2) is 52.8 Å². The molecule has 1 saturated heterocycles. The Kier molecular flexibility index (Phi) is 5.69. The fourth-order valence-electron chi connectivity index (χ4n) is 4.89. The Morgan fingerprint density at radius 1 is 0.946 bits per heavy atom. The van der Waals surface area contributed by atoms with Crippen LogP contribution in [0.15, 0.2) is 71.5 Å². The SMILES string of the molecule is COc1ccc(-n2cc(-c3ccccc3)c3c(N4CCN(c5oc(C)nc5C#N)CC4)ncnc32)cc1. The fraction of sp³-hybridized carbons (Fsp3) is 0.214. The number of piperazine rings is 1. The molecular weight excluding hydrogens is 466 g/mol. The average Bonchev–Trinajstić information content (AvgIpc) is 3.54. The summed E-state index contributed by atoms with van der Waals surface area (Å²) in [6.45, 7) is 4.58. The van der Waals surface area contributed by atoms with Gasteiger partial charge in [-0.25, -0.2) is 15.0 Å². The lowest BCUT2D eigenvalue weighted by atomic mass is 10.1. The number of oxazole rings is 1. The molecule has 0 bridgehead atoms. The van der Waals surface area contributed by atoms with Gasteiger partial charge in [0.2, 0.25) is 11.6 Å². The molecule has 1 aliphatic rings. The average molecular weight is 492 g/mol. The van der Waals surface area contributed by atoms with Gasteiger partial charge in [0.1, 0.15) is 24.0 Å². The molecule has 37 heavy (non-hydrogen) atoms. The Balaban J connectivity index is 1.41. The number of methoxy groups -OCH3 is 1. The van der Waals surface area contributed by atoms with Gasteiger partial charge in [-0.2, -0.15) is 5.26 Å². The zero-order valence-corrected chi connectivity index (χ0v) is 20.6. The summed E-state index contributed by atoms with van der Waals surface area (Å²) < 4.78 is 13.2. The van der Waals surface area contributed by atoms with Crippen molar-refractivity contribution in [2.45, 2.75) is 6.92 Å². The van der Waals surface area contributed by atoms with Crippen LogP contribution >= 0.6 is 0 Å². The summed E-state index contributed by atoms with van der Waals surface area (Å²) in [6, 6.07) is 20.4. The smallest absolute Gasteiger partial charge is 0.234 e. The highest BCUT2D eigenvalue weighted by Crippen LogP contribution is 2.37. The second kappa shape index (κ2) is 9.32. The Morgan fingerprint density at radius 2 is 1.68 bits per heavy atom. The summed E-state index contributed by atoms with van der Waals surface area (Å²) in [5, 5.41) is 10.4. The van der Waals surface area contributed by atoms with Crippen molar-refractivity contribution < 1.29 is 9.15 Å². The van der Waals surface area contributed by atoms with Gasteiger partial charge in [0.15, 0.2) is 11.5 Å². The number of fused-ring (bicyclic) bond motifs is 1. The normalized spacial score (nSPS) is 13.6. The maximum Gasteiger partial charge on any atom is 0.234 e. The second-order valence-electron chi connectivity index (χ2n) is 8.85. The highest BCUT2D eigenvalue weighted by atomic mass is 16.5. The predicted molar refractivity (Wildman–Crippen MR) is 141 cm³/mol. The van der Waals surface area contributed by atoms with Gasteiger partial charge >= 0.3 is 0 Å². The zero-order valence-electron chi connectivity index (χ0n) is 20.6. The summed E-state index contributed by atoms with van der Waals surface area (Å²) >= 11 is 0. The third kappa shape index (κ3) is 4.02. The number of aryl methyl sites for hydroxylation is 1. The van der Waals surface area contributed by atoms with Crippen LogP contribution in [0.2, 0.25) is 0 Å². The fourth-order valence-corrected chi connectivity index (χ4v) is 4.89. The van der Waals surface area contributed by atoms with Crippen molar-refractivity contribution >= 4 is 22.7 Å². The highest BCUT2D eigenvalue weighted by Gasteiger charge is 2.27. The first-order chi connectivity index (χ1) is 18.2. The van der Waals surface area contributed by atoms with Crippen LogP contribution in [0.4, 0.5) is 11.7 Å². The Bertz CT molecular complexity index is 1590. The molecule has 6 rings (SSSR count). The summed E-state index contributed by atoms with van der Waals surface area (Å²) in [6.07, 6.45) is 3.76. The first kappa shape index (κ1) is 22.6. The lowest BCUT2D eigenvalue weighted by Crippen LogP contribution is -2.47. The number of benzene rings is 2. The van der Waals surface area contributed by atoms with Crippen molar-refractivity contribution in [3.05, 3.63) is 78.7 Å². The molecule has 0 unspecified atom stereocenters. The lowest BCUT2D eigenvalue weighted by Gasteiger charge is -2.35. The van der Waals surface area contributed by atoms with Crippen molar-refractivity contribution in [3.63, 3.8) is 0 Å². The van der Waals surface area contributed by atoms with Gasteiger partial charge in [0, 0.05) is 50.6 Å². The molecule has 0 saturated carbocycles. The largest absolute Gasteiger partial charge is 0.497 e. The molecule has 9 heteroatoms. The lowest BCUT2D eigenvalue weighted by molar-refractivity contribution is 0.415. The molecule has 5 aromatic rings. The van der Waals surface area contributed by atoms with Crippen molar-refractivity contribution in [1.29, 1.82) is 5.26 Å². The summed E-state index contributed by atoms with van der Waals surface area (Å²) in [5.41, 5.74) is 4.34. The molecular formula is C28H25N7O2. The van der Waals surface area contributed by atoms with Crippen molar-refractivity contribution in [1.82, 2.24) is 19.5 Å². The summed E-state index contributed by atoms with van der Waals surface area (Å²) in [5.74, 6) is 2.74. The third-order valence-corrected chi connectivity index (χ3v) is 6.69. The third-order valence-electron chi connectivity index (χ3n) is 6.69. The highest BCUT2D eigenvalue weighted by molar-refractivity contribution is 6.02. The molecule has 0 spiro atoms. The van der Waals surface area contributed by atoms with Crippen LogP contribution in [0.3, 0.4) is 0 Å². The summed E-state index contributed by atoms with van der Waals surface area (Å²) in [7, 11) is 1.66. The minimum atomic E-state index is 0.332. The first-order valence-corrected chi connectivity index (χ1v) is 12.1. The minimum Gasteiger partial charge on any atom is -0.497 e. The minimum absolute atomic E-state index is 0.332. The van der Waals surface area contributed by atoms with E-state index in [9.17, 15) is 5.26 Å². The van der Waals surface area contributed by atoms with E-state index in [-0.39, 0.29) is 0 Å². The molecule has 0 radical (unpaired) electrons. The van der Waals surface area contributed by atoms with Gasteiger partial charge in [0.25, 0.3) is 0 Å². The Labute approximate surface area is 214 Å². The van der Waals surface area contributed by atoms with E-state index in [1.807, 2.05) is 42.5 Å². The van der Waals surface area contributed by atoms with Gasteiger partial charge in [-0.05, 0) is 29.8 Å². The Hall–Kier alpha value is -4.84. The molecule has 0 atom stereocenters. The van der Waals surface area contributed by atoms with E-state index in [2.05, 4.69) is 43.7 Å². The van der Waals surface area contributed by atoms with E-state index in [0.717, 1.165) is 52.5 Å². The number of nitriles is 1. The second-order valence-corrected chi connectivity index (χ2v) is 8.85. The van der Waals surface area contributed by atoms with Crippen LogP contribution in [-0.2, 0) is 0 Å². The van der Waals surface area contributed by atoms with Crippen molar-refractivity contribution in [2.24, 2.45) is 0 Å². The van der Waals surface area contributed by atoms with Crippen molar-refractivity contribution in [3.8, 4) is 28.6 Å². The molecule has 2 aromatic carbocycles. The Morgan fingerprint density at radius 3 is 2.38 bits per heavy atom. The molecule has 184 valence electrons. The van der Waals surface area contributed by atoms with Crippen LogP contribution in [0.1, 0.15) is 11.6 Å². The molecule has 1 fully saturated rings. The van der Waals surface area contributed by atoms with Crippen molar-refractivity contribution in [2.75, 3.05) is 43.1 Å². The summed E-state index contributed by atoms with van der Waals surface area (Å²) in [4.78, 5) is 18.0. The maximum atomic E-state index is 9.44. The zero-order chi connectivity index (χ0) is 25.4. The molecule has 0 aliphatic carbocycles. The number of ether oxygens (including phenoxy) is 1. The van der Waals surface area contributed by atoms with Gasteiger partial charge in [-0.3, -0.25) is 0 Å². The number of anilines is 2. The monoisotopic (exact) mass is 491 g/mol. The topological polar surface area (TPSA) is 96.2 Å². The molecule has 3 aromatic heterocycles. The van der Waals surface area contributed by atoms with Gasteiger partial charge in [-0.15, -0.1) is 0 Å². The number of hydrogen-bond acceptors (Lipinski definition) is 8. The van der Waals surface area contributed by atoms with Crippen LogP contribution in [0, 0.1) is 18.3 Å². The van der Waals surface area contributed by atoms with E-state index >= 15 is 0 Å². The molecule has 4 heterocycles. The van der Waals surface area contributed by atoms with E-state index in [0.29, 0.717) is 30.6 Å². The number of nitrogens with zero attached hydrogens (tertiary/aromatic N) is 7. The van der Waals surface area contributed by atoms with Gasteiger partial charge in [0.05, 0.1) is 12.5 Å². The first-order valence-electron chi connectivity index (χ1n) is 12.1. The number of rotatable bonds is 5. The molecule has 0 N–H and O–H groups in total. The molecule has 0 amide bonds. The van der Waals surface area contributed by atoms with Crippen LogP contribution < -0.4 is 14.5 Å². The van der Waals surface area contributed by atoms with Crippen LogP contribution in [0.5, 0.6) is 5.75 Å². The van der Waals surface area contributed by atoms with E-state index in [1.54, 1.807) is 20.4 Å². The van der Waals surface area contributed by atoms with E-state index in [4.69, 9.17) is 19.1 Å². The van der Waals surface area contributed by atoms with E-state index in [1.165, 1.54) is 0 Å². The standard InChI is InChI=1S/C28H25N7O2/c1-19-32-24(16-29)28(37-19)34-14-12-33(13-15-34)26-25-23(20-6-4-3-5-7-20)17-35(27(25)31-18-30-26)21-8-10-22(36-2)11-9-21/h3-11,17-18H,12-15H2,1-2H3. The predicted octanol–water partition coefficient (Wildman–Crippen LogP) is 4.59. The number of hydrogen-bond donors (Lipinski definition) is 0. The van der Waals surface area contributed by atoms with Gasteiger partial charge < -0.3 is 23.5 Å². The quantitative estimate of drug-likeness (QED) is 0.352.